The summed E-state index contributed by atoms with van der Waals surface area (Å²) in [5.41, 5.74) is 1.03. The average molecular weight is 481 g/mol. The zero-order valence-corrected chi connectivity index (χ0v) is 19.4. The molecule has 9 heteroatoms. The Bertz CT molecular complexity index is 1020. The predicted molar refractivity (Wildman–Crippen MR) is 127 cm³/mol. The minimum absolute atomic E-state index is 0.0477. The smallest absolute Gasteiger partial charge is 0.307 e. The van der Waals surface area contributed by atoms with E-state index in [1.165, 1.54) is 0 Å². The standard InChI is InChI=1S/C22H25ClN2O4S2/c1-14(24-11-17(26)12-29-18-4-2-3-16(23)10-18)13-30-19-7-5-15(6-8-19)9-20-21(27)25-22(28)31-20/h2-8,10,14,17,24,26-27H,9,11-13H2,1H3,(H,25,28). The molecule has 166 valence electrons. The number of thiazole rings is 1. The lowest BCUT2D eigenvalue weighted by Crippen LogP contribution is -2.37. The van der Waals surface area contributed by atoms with Gasteiger partial charge in [0, 0.05) is 34.7 Å². The molecule has 2 aromatic carbocycles. The van der Waals surface area contributed by atoms with E-state index >= 15 is 0 Å². The molecule has 1 heterocycles. The molecule has 0 saturated heterocycles. The average Bonchev–Trinajstić information content (AvgIpc) is 3.06. The predicted octanol–water partition coefficient (Wildman–Crippen LogP) is 3.90. The van der Waals surface area contributed by atoms with Gasteiger partial charge in [0.2, 0.25) is 5.88 Å². The zero-order chi connectivity index (χ0) is 22.2. The summed E-state index contributed by atoms with van der Waals surface area (Å²) in [5.74, 6) is 1.44. The monoisotopic (exact) mass is 480 g/mol. The maximum atomic E-state index is 11.3. The Hall–Kier alpha value is -1.97. The zero-order valence-electron chi connectivity index (χ0n) is 17.0. The summed E-state index contributed by atoms with van der Waals surface area (Å²) in [6.07, 6.45) is -0.0981. The van der Waals surface area contributed by atoms with Gasteiger partial charge in [-0.3, -0.25) is 9.78 Å². The van der Waals surface area contributed by atoms with E-state index in [0.717, 1.165) is 27.5 Å². The highest BCUT2D eigenvalue weighted by Gasteiger charge is 2.10. The molecule has 0 saturated carbocycles. The second-order valence-corrected chi connectivity index (χ2v) is 9.75. The number of ether oxygens (including phenoxy) is 1. The molecule has 0 amide bonds. The number of hydrogen-bond acceptors (Lipinski definition) is 7. The van der Waals surface area contributed by atoms with E-state index in [1.54, 1.807) is 36.0 Å². The van der Waals surface area contributed by atoms with E-state index < -0.39 is 6.10 Å². The van der Waals surface area contributed by atoms with Crippen LogP contribution in [0.4, 0.5) is 0 Å². The number of aliphatic hydroxyl groups is 1. The summed E-state index contributed by atoms with van der Waals surface area (Å²) in [6.45, 7) is 2.70. The topological polar surface area (TPSA) is 94.6 Å². The Labute approximate surface area is 194 Å². The lowest BCUT2D eigenvalue weighted by molar-refractivity contribution is 0.105. The van der Waals surface area contributed by atoms with Gasteiger partial charge in [-0.25, -0.2) is 0 Å². The summed E-state index contributed by atoms with van der Waals surface area (Å²) in [4.78, 5) is 15.2. The number of halogens is 1. The Kier molecular flexibility index (Phi) is 8.86. The Morgan fingerprint density at radius 3 is 2.71 bits per heavy atom. The van der Waals surface area contributed by atoms with Crippen LogP contribution >= 0.6 is 34.7 Å². The Balaban J connectivity index is 1.36. The lowest BCUT2D eigenvalue weighted by Gasteiger charge is -2.17. The fraction of sp³-hybridized carbons (Fsp3) is 0.318. The second-order valence-electron chi connectivity index (χ2n) is 7.15. The number of H-pyrrole nitrogens is 1. The molecular weight excluding hydrogens is 456 g/mol. The van der Waals surface area contributed by atoms with E-state index in [4.69, 9.17) is 16.3 Å². The second kappa shape index (κ2) is 11.6. The molecule has 0 bridgehead atoms. The van der Waals surface area contributed by atoms with Crippen molar-refractivity contribution in [1.82, 2.24) is 10.3 Å². The van der Waals surface area contributed by atoms with E-state index in [9.17, 15) is 15.0 Å². The summed E-state index contributed by atoms with van der Waals surface area (Å²) in [6, 6.07) is 15.4. The third kappa shape index (κ3) is 7.90. The number of rotatable bonds is 11. The van der Waals surface area contributed by atoms with Crippen molar-refractivity contribution >= 4 is 34.7 Å². The third-order valence-corrected chi connectivity index (χ3v) is 6.81. The molecule has 0 aliphatic heterocycles. The molecule has 2 atom stereocenters. The van der Waals surface area contributed by atoms with Crippen LogP contribution in [-0.4, -0.2) is 46.2 Å². The molecular formula is C22H25ClN2O4S2. The molecule has 0 spiro atoms. The van der Waals surface area contributed by atoms with E-state index in [0.29, 0.717) is 28.6 Å². The minimum atomic E-state index is -0.619. The van der Waals surface area contributed by atoms with Gasteiger partial charge in [-0.2, -0.15) is 0 Å². The highest BCUT2D eigenvalue weighted by Crippen LogP contribution is 2.23. The lowest BCUT2D eigenvalue weighted by atomic mass is 10.1. The summed E-state index contributed by atoms with van der Waals surface area (Å²) >= 11 is 8.67. The molecule has 3 aromatic rings. The highest BCUT2D eigenvalue weighted by atomic mass is 35.5. The highest BCUT2D eigenvalue weighted by molar-refractivity contribution is 7.99. The molecule has 0 aliphatic carbocycles. The van der Waals surface area contributed by atoms with Crippen molar-refractivity contribution in [1.29, 1.82) is 0 Å². The Morgan fingerprint density at radius 1 is 1.26 bits per heavy atom. The van der Waals surface area contributed by atoms with Crippen LogP contribution in [0.2, 0.25) is 5.02 Å². The first-order valence-corrected chi connectivity index (χ1v) is 12.0. The maximum Gasteiger partial charge on any atom is 0.307 e. The molecule has 3 rings (SSSR count). The van der Waals surface area contributed by atoms with Crippen LogP contribution in [0.15, 0.2) is 58.2 Å². The van der Waals surface area contributed by atoms with Crippen LogP contribution in [0.5, 0.6) is 11.6 Å². The third-order valence-electron chi connectivity index (χ3n) is 4.43. The molecule has 31 heavy (non-hydrogen) atoms. The van der Waals surface area contributed by atoms with Crippen molar-refractivity contribution in [3.8, 4) is 11.6 Å². The molecule has 1 aromatic heterocycles. The summed E-state index contributed by atoms with van der Waals surface area (Å²) in [5, 5.41) is 23.7. The van der Waals surface area contributed by atoms with Crippen LogP contribution in [0.1, 0.15) is 17.4 Å². The number of hydrogen-bond donors (Lipinski definition) is 4. The van der Waals surface area contributed by atoms with E-state index in [-0.39, 0.29) is 23.4 Å². The van der Waals surface area contributed by atoms with Gasteiger partial charge in [0.1, 0.15) is 18.5 Å². The molecule has 0 aliphatic rings. The van der Waals surface area contributed by atoms with Crippen LogP contribution in [0.3, 0.4) is 0 Å². The van der Waals surface area contributed by atoms with Gasteiger partial charge < -0.3 is 20.3 Å². The number of thioether (sulfide) groups is 1. The fourth-order valence-electron chi connectivity index (χ4n) is 2.79. The molecule has 4 N–H and O–H groups in total. The largest absolute Gasteiger partial charge is 0.494 e. The molecule has 6 nitrogen and oxygen atoms in total. The van der Waals surface area contributed by atoms with Crippen molar-refractivity contribution in [3.05, 3.63) is 73.7 Å². The number of aromatic nitrogens is 1. The molecule has 0 fully saturated rings. The van der Waals surface area contributed by atoms with Crippen molar-refractivity contribution in [2.45, 2.75) is 30.4 Å². The first-order chi connectivity index (χ1) is 14.9. The SMILES string of the molecule is CC(CSc1ccc(Cc2sc(=O)[nH]c2O)cc1)NCC(O)COc1cccc(Cl)c1. The van der Waals surface area contributed by atoms with Gasteiger partial charge in [0.25, 0.3) is 0 Å². The maximum absolute atomic E-state index is 11.3. The van der Waals surface area contributed by atoms with Gasteiger partial charge in [-0.05, 0) is 42.8 Å². The van der Waals surface area contributed by atoms with Crippen molar-refractivity contribution in [3.63, 3.8) is 0 Å². The van der Waals surface area contributed by atoms with Gasteiger partial charge in [0.05, 0.1) is 4.88 Å². The van der Waals surface area contributed by atoms with Crippen molar-refractivity contribution in [2.75, 3.05) is 18.9 Å². The van der Waals surface area contributed by atoms with Crippen LogP contribution in [-0.2, 0) is 6.42 Å². The summed E-state index contributed by atoms with van der Waals surface area (Å²) < 4.78 is 5.56. The van der Waals surface area contributed by atoms with Crippen LogP contribution < -0.4 is 14.9 Å². The number of aromatic hydroxyl groups is 1. The quantitative estimate of drug-likeness (QED) is 0.311. The first-order valence-electron chi connectivity index (χ1n) is 9.81. The summed E-state index contributed by atoms with van der Waals surface area (Å²) in [7, 11) is 0. The van der Waals surface area contributed by atoms with Gasteiger partial charge in [-0.15, -0.1) is 11.8 Å². The van der Waals surface area contributed by atoms with Gasteiger partial charge in [-0.1, -0.05) is 41.1 Å². The Morgan fingerprint density at radius 2 is 2.03 bits per heavy atom. The number of nitrogens with one attached hydrogen (secondary N) is 2. The van der Waals surface area contributed by atoms with E-state index in [2.05, 4.69) is 17.2 Å². The van der Waals surface area contributed by atoms with Gasteiger partial charge in [0.15, 0.2) is 0 Å². The van der Waals surface area contributed by atoms with Crippen molar-refractivity contribution in [2.24, 2.45) is 0 Å². The molecule has 2 unspecified atom stereocenters. The number of benzene rings is 2. The number of aliphatic hydroxyl groups excluding tert-OH is 1. The van der Waals surface area contributed by atoms with Crippen LogP contribution in [0.25, 0.3) is 0 Å². The minimum Gasteiger partial charge on any atom is -0.494 e. The van der Waals surface area contributed by atoms with Gasteiger partial charge >= 0.3 is 4.87 Å². The fourth-order valence-corrected chi connectivity index (χ4v) is 4.61. The first kappa shape index (κ1) is 23.7. The normalized spacial score (nSPS) is 13.1. The molecule has 0 radical (unpaired) electrons. The van der Waals surface area contributed by atoms with Crippen molar-refractivity contribution < 1.29 is 14.9 Å². The number of aromatic amines is 1. The van der Waals surface area contributed by atoms with E-state index in [1.807, 2.05) is 24.3 Å². The van der Waals surface area contributed by atoms with Crippen LogP contribution in [0, 0.1) is 0 Å².